The highest BCUT2D eigenvalue weighted by molar-refractivity contribution is 5.96. The molecule has 1 fully saturated rings. The van der Waals surface area contributed by atoms with Crippen LogP contribution in [0.2, 0.25) is 0 Å². The van der Waals surface area contributed by atoms with Crippen LogP contribution in [-0.4, -0.2) is 34.9 Å². The molecule has 1 aromatic carbocycles. The fourth-order valence-electron chi connectivity index (χ4n) is 2.85. The van der Waals surface area contributed by atoms with Crippen LogP contribution in [0.5, 0.6) is 0 Å². The molecule has 1 aromatic rings. The third kappa shape index (κ3) is 3.21. The molecule has 6 heteroatoms. The van der Waals surface area contributed by atoms with Crippen LogP contribution in [-0.2, 0) is 0 Å². The van der Waals surface area contributed by atoms with Crippen LogP contribution in [0.3, 0.4) is 0 Å². The SMILES string of the molecule is Cc1c(C(=O)N2CCC(C(C)N)CC2)cccc1[N+](=O)[O-]. The zero-order valence-corrected chi connectivity index (χ0v) is 12.4. The van der Waals surface area contributed by atoms with Crippen molar-refractivity contribution in [3.05, 3.63) is 39.4 Å². The van der Waals surface area contributed by atoms with Gasteiger partial charge >= 0.3 is 0 Å². The Morgan fingerprint density at radius 1 is 1.43 bits per heavy atom. The van der Waals surface area contributed by atoms with Gasteiger partial charge in [-0.05, 0) is 38.7 Å². The summed E-state index contributed by atoms with van der Waals surface area (Å²) in [4.78, 5) is 24.8. The highest BCUT2D eigenvalue weighted by atomic mass is 16.6. The number of nitrogens with two attached hydrogens (primary N) is 1. The third-order valence-electron chi connectivity index (χ3n) is 4.30. The molecule has 1 heterocycles. The number of piperidine rings is 1. The Balaban J connectivity index is 2.15. The van der Waals surface area contributed by atoms with E-state index in [1.54, 1.807) is 24.0 Å². The van der Waals surface area contributed by atoms with Crippen molar-refractivity contribution in [1.82, 2.24) is 4.90 Å². The van der Waals surface area contributed by atoms with Crippen molar-refractivity contribution in [2.75, 3.05) is 13.1 Å². The molecule has 6 nitrogen and oxygen atoms in total. The van der Waals surface area contributed by atoms with Gasteiger partial charge < -0.3 is 10.6 Å². The first-order valence-corrected chi connectivity index (χ1v) is 7.20. The molecule has 21 heavy (non-hydrogen) atoms. The van der Waals surface area contributed by atoms with Crippen LogP contribution in [0.1, 0.15) is 35.7 Å². The Labute approximate surface area is 124 Å². The van der Waals surface area contributed by atoms with E-state index in [0.717, 1.165) is 12.8 Å². The number of hydrogen-bond donors (Lipinski definition) is 1. The van der Waals surface area contributed by atoms with Crippen LogP contribution < -0.4 is 5.73 Å². The average molecular weight is 291 g/mol. The summed E-state index contributed by atoms with van der Waals surface area (Å²) in [5.41, 5.74) is 6.74. The van der Waals surface area contributed by atoms with Crippen LogP contribution in [0.4, 0.5) is 5.69 Å². The van der Waals surface area contributed by atoms with E-state index in [9.17, 15) is 14.9 Å². The Bertz CT molecular complexity index is 549. The second kappa shape index (κ2) is 6.22. The van der Waals surface area contributed by atoms with Crippen molar-refractivity contribution >= 4 is 11.6 Å². The topological polar surface area (TPSA) is 89.5 Å². The molecule has 1 aliphatic rings. The van der Waals surface area contributed by atoms with E-state index in [1.165, 1.54) is 6.07 Å². The van der Waals surface area contributed by atoms with E-state index in [0.29, 0.717) is 30.1 Å². The second-order valence-corrected chi connectivity index (χ2v) is 5.70. The highest BCUT2D eigenvalue weighted by Gasteiger charge is 2.27. The number of nitro groups is 1. The van der Waals surface area contributed by atoms with Crippen LogP contribution in [0.15, 0.2) is 18.2 Å². The smallest absolute Gasteiger partial charge is 0.273 e. The lowest BCUT2D eigenvalue weighted by molar-refractivity contribution is -0.385. The number of nitrogens with zero attached hydrogens (tertiary/aromatic N) is 2. The van der Waals surface area contributed by atoms with E-state index in [1.807, 2.05) is 6.92 Å². The number of rotatable bonds is 3. The van der Waals surface area contributed by atoms with E-state index >= 15 is 0 Å². The number of likely N-dealkylation sites (tertiary alicyclic amines) is 1. The number of nitro benzene ring substituents is 1. The number of benzene rings is 1. The number of carbonyl (C=O) groups excluding carboxylic acids is 1. The van der Waals surface area contributed by atoms with Crippen molar-refractivity contribution in [3.8, 4) is 0 Å². The maximum Gasteiger partial charge on any atom is 0.273 e. The van der Waals surface area contributed by atoms with Gasteiger partial charge in [-0.1, -0.05) is 6.07 Å². The van der Waals surface area contributed by atoms with Gasteiger partial charge in [-0.25, -0.2) is 0 Å². The summed E-state index contributed by atoms with van der Waals surface area (Å²) in [6, 6.07) is 4.78. The molecule has 0 bridgehead atoms. The van der Waals surface area contributed by atoms with Crippen molar-refractivity contribution in [1.29, 1.82) is 0 Å². The van der Waals surface area contributed by atoms with Gasteiger partial charge in [0, 0.05) is 36.3 Å². The van der Waals surface area contributed by atoms with Gasteiger partial charge in [0.05, 0.1) is 4.92 Å². The quantitative estimate of drug-likeness (QED) is 0.682. The Kier molecular flexibility index (Phi) is 4.57. The van der Waals surface area contributed by atoms with Crippen LogP contribution >= 0.6 is 0 Å². The van der Waals surface area contributed by atoms with Crippen molar-refractivity contribution in [3.63, 3.8) is 0 Å². The number of amides is 1. The van der Waals surface area contributed by atoms with Gasteiger partial charge in [0.2, 0.25) is 0 Å². The van der Waals surface area contributed by atoms with Gasteiger partial charge in [-0.3, -0.25) is 14.9 Å². The lowest BCUT2D eigenvalue weighted by Gasteiger charge is -2.34. The maximum absolute atomic E-state index is 12.5. The lowest BCUT2D eigenvalue weighted by atomic mass is 9.90. The first kappa shape index (κ1) is 15.4. The van der Waals surface area contributed by atoms with Gasteiger partial charge in [0.25, 0.3) is 11.6 Å². The molecular formula is C15H21N3O3. The summed E-state index contributed by atoms with van der Waals surface area (Å²) < 4.78 is 0. The molecule has 2 N–H and O–H groups in total. The monoisotopic (exact) mass is 291 g/mol. The zero-order valence-electron chi connectivity index (χ0n) is 12.4. The summed E-state index contributed by atoms with van der Waals surface area (Å²) >= 11 is 0. The standard InChI is InChI=1S/C15H21N3O3/c1-10-13(4-3-5-14(10)18(20)21)15(19)17-8-6-12(7-9-17)11(2)16/h3-5,11-12H,6-9,16H2,1-2H3. The largest absolute Gasteiger partial charge is 0.339 e. The van der Waals surface area contributed by atoms with E-state index in [4.69, 9.17) is 5.73 Å². The predicted molar refractivity (Wildman–Crippen MR) is 80.1 cm³/mol. The molecular weight excluding hydrogens is 270 g/mol. The minimum Gasteiger partial charge on any atom is -0.339 e. The zero-order chi connectivity index (χ0) is 15.6. The lowest BCUT2D eigenvalue weighted by Crippen LogP contribution is -2.42. The van der Waals surface area contributed by atoms with Gasteiger partial charge in [0.15, 0.2) is 0 Å². The van der Waals surface area contributed by atoms with Crippen LogP contribution in [0, 0.1) is 23.0 Å². The fraction of sp³-hybridized carbons (Fsp3) is 0.533. The summed E-state index contributed by atoms with van der Waals surface area (Å²) in [6.45, 7) is 4.94. The number of carbonyl (C=O) groups is 1. The molecule has 1 amide bonds. The summed E-state index contributed by atoms with van der Waals surface area (Å²) in [7, 11) is 0. The molecule has 0 saturated carbocycles. The molecule has 0 spiro atoms. The first-order valence-electron chi connectivity index (χ1n) is 7.20. The Morgan fingerprint density at radius 3 is 2.57 bits per heavy atom. The first-order chi connectivity index (χ1) is 9.91. The summed E-state index contributed by atoms with van der Waals surface area (Å²) in [5, 5.41) is 11.0. The number of hydrogen-bond acceptors (Lipinski definition) is 4. The van der Waals surface area contributed by atoms with Crippen LogP contribution in [0.25, 0.3) is 0 Å². The summed E-state index contributed by atoms with van der Waals surface area (Å²) in [6.07, 6.45) is 1.77. The maximum atomic E-state index is 12.5. The molecule has 0 radical (unpaired) electrons. The van der Waals surface area contributed by atoms with E-state index in [2.05, 4.69) is 0 Å². The third-order valence-corrected chi connectivity index (χ3v) is 4.30. The predicted octanol–water partition coefficient (Wildman–Crippen LogP) is 2.10. The fourth-order valence-corrected chi connectivity index (χ4v) is 2.85. The molecule has 2 rings (SSSR count). The average Bonchev–Trinajstić information content (AvgIpc) is 2.46. The van der Waals surface area contributed by atoms with Gasteiger partial charge in [0.1, 0.15) is 0 Å². The van der Waals surface area contributed by atoms with Crippen molar-refractivity contribution in [2.45, 2.75) is 32.7 Å². The highest BCUT2D eigenvalue weighted by Crippen LogP contribution is 2.25. The molecule has 1 aliphatic heterocycles. The van der Waals surface area contributed by atoms with Gasteiger partial charge in [-0.15, -0.1) is 0 Å². The molecule has 0 aliphatic carbocycles. The summed E-state index contributed by atoms with van der Waals surface area (Å²) in [5.74, 6) is 0.319. The normalized spacial score (nSPS) is 17.6. The minimum absolute atomic E-state index is 0.00804. The van der Waals surface area contributed by atoms with Gasteiger partial charge in [-0.2, -0.15) is 0 Å². The van der Waals surface area contributed by atoms with E-state index in [-0.39, 0.29) is 17.6 Å². The molecule has 114 valence electrons. The van der Waals surface area contributed by atoms with E-state index < -0.39 is 4.92 Å². The van der Waals surface area contributed by atoms with Crippen molar-refractivity contribution in [2.24, 2.45) is 11.7 Å². The Morgan fingerprint density at radius 2 is 2.05 bits per heavy atom. The second-order valence-electron chi connectivity index (χ2n) is 5.70. The molecule has 1 atom stereocenters. The minimum atomic E-state index is -0.450. The Hall–Kier alpha value is -1.95. The van der Waals surface area contributed by atoms with Crippen molar-refractivity contribution < 1.29 is 9.72 Å². The molecule has 1 saturated heterocycles. The molecule has 1 unspecified atom stereocenters. The molecule has 0 aromatic heterocycles.